The fourth-order valence-corrected chi connectivity index (χ4v) is 2.15. The maximum Gasteiger partial charge on any atom is 0.275 e. The summed E-state index contributed by atoms with van der Waals surface area (Å²) in [6.45, 7) is 7.27. The Morgan fingerprint density at radius 3 is 2.59 bits per heavy atom. The van der Waals surface area contributed by atoms with E-state index in [1.54, 1.807) is 11.6 Å². The van der Waals surface area contributed by atoms with Crippen LogP contribution in [0.25, 0.3) is 0 Å². The highest BCUT2D eigenvalue weighted by molar-refractivity contribution is 5.97. The molecule has 2 aromatic heterocycles. The summed E-state index contributed by atoms with van der Waals surface area (Å²) in [7, 11) is 0. The number of hydrazine groups is 1. The molecule has 0 aliphatic rings. The average molecular weight is 305 g/mol. The lowest BCUT2D eigenvalue weighted by atomic mass is 10.1. The van der Waals surface area contributed by atoms with Crippen LogP contribution in [0.2, 0.25) is 0 Å². The highest BCUT2D eigenvalue weighted by Gasteiger charge is 2.19. The first kappa shape index (κ1) is 15.7. The van der Waals surface area contributed by atoms with Crippen LogP contribution < -0.4 is 10.9 Å². The van der Waals surface area contributed by atoms with Gasteiger partial charge in [0.2, 0.25) is 0 Å². The van der Waals surface area contributed by atoms with Gasteiger partial charge in [-0.25, -0.2) is 0 Å². The van der Waals surface area contributed by atoms with Crippen molar-refractivity contribution in [2.45, 2.75) is 40.7 Å². The fraction of sp³-hybridized carbons (Fsp3) is 0.429. The molecule has 22 heavy (non-hydrogen) atoms. The zero-order chi connectivity index (χ0) is 16.3. The van der Waals surface area contributed by atoms with Gasteiger partial charge in [0.25, 0.3) is 11.8 Å². The zero-order valence-electron chi connectivity index (χ0n) is 13.1. The van der Waals surface area contributed by atoms with Gasteiger partial charge >= 0.3 is 0 Å². The van der Waals surface area contributed by atoms with Crippen LogP contribution in [0.1, 0.15) is 40.1 Å². The van der Waals surface area contributed by atoms with E-state index in [0.717, 1.165) is 11.4 Å². The summed E-state index contributed by atoms with van der Waals surface area (Å²) in [4.78, 5) is 23.9. The van der Waals surface area contributed by atoms with Gasteiger partial charge < -0.3 is 4.52 Å². The molecule has 0 aromatic carbocycles. The largest absolute Gasteiger partial charge is 0.361 e. The molecule has 0 aliphatic heterocycles. The number of hydrogen-bond donors (Lipinski definition) is 2. The average Bonchev–Trinajstić information content (AvgIpc) is 2.98. The van der Waals surface area contributed by atoms with Crippen LogP contribution in [0.4, 0.5) is 0 Å². The lowest BCUT2D eigenvalue weighted by Crippen LogP contribution is -2.43. The van der Waals surface area contributed by atoms with Crippen molar-refractivity contribution < 1.29 is 14.1 Å². The quantitative estimate of drug-likeness (QED) is 0.814. The molecule has 0 bridgehead atoms. The van der Waals surface area contributed by atoms with Crippen LogP contribution >= 0.6 is 0 Å². The van der Waals surface area contributed by atoms with Crippen molar-refractivity contribution in [3.63, 3.8) is 0 Å². The summed E-state index contributed by atoms with van der Waals surface area (Å²) in [5.41, 5.74) is 7.36. The van der Waals surface area contributed by atoms with E-state index < -0.39 is 5.91 Å². The van der Waals surface area contributed by atoms with E-state index in [4.69, 9.17) is 4.52 Å². The molecule has 0 radical (unpaired) electrons. The highest BCUT2D eigenvalue weighted by Crippen LogP contribution is 2.13. The number of carbonyl (C=O) groups is 2. The first-order valence-corrected chi connectivity index (χ1v) is 6.97. The molecule has 0 atom stereocenters. The maximum atomic E-state index is 12.1. The Labute approximate surface area is 127 Å². The van der Waals surface area contributed by atoms with Gasteiger partial charge in [-0.3, -0.25) is 25.1 Å². The standard InChI is InChI=1S/C14H19N5O3/c1-5-11-13(10(4)22-18-11)14(21)16-15-12(20)7-19-9(3)6-8(2)17-19/h6H,5,7H2,1-4H3,(H,15,20)(H,16,21). The minimum absolute atomic E-state index is 0.0310. The van der Waals surface area contributed by atoms with E-state index in [1.165, 1.54) is 0 Å². The molecule has 0 aliphatic carbocycles. The monoisotopic (exact) mass is 305 g/mol. The molecule has 0 spiro atoms. The van der Waals surface area contributed by atoms with Crippen molar-refractivity contribution in [1.29, 1.82) is 0 Å². The van der Waals surface area contributed by atoms with Crippen molar-refractivity contribution in [3.8, 4) is 0 Å². The van der Waals surface area contributed by atoms with E-state index >= 15 is 0 Å². The summed E-state index contributed by atoms with van der Waals surface area (Å²) in [5.74, 6) is -0.397. The Balaban J connectivity index is 1.95. The van der Waals surface area contributed by atoms with E-state index in [9.17, 15) is 9.59 Å². The van der Waals surface area contributed by atoms with E-state index in [1.807, 2.05) is 26.8 Å². The lowest BCUT2D eigenvalue weighted by Gasteiger charge is -2.08. The van der Waals surface area contributed by atoms with Gasteiger partial charge in [-0.2, -0.15) is 5.10 Å². The fourth-order valence-electron chi connectivity index (χ4n) is 2.15. The Hall–Kier alpha value is -2.64. The number of hydrogen-bond acceptors (Lipinski definition) is 5. The van der Waals surface area contributed by atoms with E-state index in [2.05, 4.69) is 21.1 Å². The maximum absolute atomic E-state index is 12.1. The van der Waals surface area contributed by atoms with Crippen molar-refractivity contribution in [2.75, 3.05) is 0 Å². The van der Waals surface area contributed by atoms with Gasteiger partial charge in [-0.1, -0.05) is 12.1 Å². The molecule has 2 heterocycles. The molecule has 2 N–H and O–H groups in total. The molecule has 0 unspecified atom stereocenters. The SMILES string of the molecule is CCc1noc(C)c1C(=O)NNC(=O)Cn1nc(C)cc1C. The second kappa shape index (κ2) is 6.42. The van der Waals surface area contributed by atoms with Crippen LogP contribution in [0.5, 0.6) is 0 Å². The second-order valence-electron chi connectivity index (χ2n) is 5.00. The van der Waals surface area contributed by atoms with Gasteiger partial charge in [-0.05, 0) is 33.3 Å². The number of rotatable bonds is 4. The Kier molecular flexibility index (Phi) is 4.59. The van der Waals surface area contributed by atoms with Gasteiger partial charge in [0.15, 0.2) is 0 Å². The first-order chi connectivity index (χ1) is 10.4. The Bertz CT molecular complexity index is 701. The Morgan fingerprint density at radius 2 is 2.00 bits per heavy atom. The minimum Gasteiger partial charge on any atom is -0.361 e. The summed E-state index contributed by atoms with van der Waals surface area (Å²) in [6.07, 6.45) is 0.569. The number of aromatic nitrogens is 3. The van der Waals surface area contributed by atoms with Gasteiger partial charge in [-0.15, -0.1) is 0 Å². The molecular formula is C14H19N5O3. The molecule has 0 fully saturated rings. The predicted octanol–water partition coefficient (Wildman–Crippen LogP) is 0.820. The van der Waals surface area contributed by atoms with Crippen LogP contribution in [-0.4, -0.2) is 26.8 Å². The molecule has 8 heteroatoms. The van der Waals surface area contributed by atoms with Crippen molar-refractivity contribution in [1.82, 2.24) is 25.8 Å². The summed E-state index contributed by atoms with van der Waals surface area (Å²) >= 11 is 0. The van der Waals surface area contributed by atoms with E-state index in [-0.39, 0.29) is 12.5 Å². The van der Waals surface area contributed by atoms with Crippen LogP contribution in [0.3, 0.4) is 0 Å². The van der Waals surface area contributed by atoms with Crippen molar-refractivity contribution >= 4 is 11.8 Å². The Morgan fingerprint density at radius 1 is 1.27 bits per heavy atom. The van der Waals surface area contributed by atoms with Crippen LogP contribution in [0.15, 0.2) is 10.6 Å². The van der Waals surface area contributed by atoms with E-state index in [0.29, 0.717) is 23.4 Å². The number of aryl methyl sites for hydroxylation is 4. The van der Waals surface area contributed by atoms with Gasteiger partial charge in [0, 0.05) is 5.69 Å². The zero-order valence-corrected chi connectivity index (χ0v) is 13.1. The number of amides is 2. The molecule has 0 saturated carbocycles. The van der Waals surface area contributed by atoms with Gasteiger partial charge in [0.05, 0.1) is 11.4 Å². The first-order valence-electron chi connectivity index (χ1n) is 6.97. The molecule has 2 aromatic rings. The third-order valence-electron chi connectivity index (χ3n) is 3.21. The van der Waals surface area contributed by atoms with Crippen molar-refractivity contribution in [3.05, 3.63) is 34.5 Å². The summed E-state index contributed by atoms with van der Waals surface area (Å²) in [5, 5.41) is 7.99. The smallest absolute Gasteiger partial charge is 0.275 e. The van der Waals surface area contributed by atoms with Gasteiger partial charge in [0.1, 0.15) is 17.9 Å². The molecule has 2 rings (SSSR count). The molecule has 8 nitrogen and oxygen atoms in total. The summed E-state index contributed by atoms with van der Waals surface area (Å²) in [6, 6.07) is 1.87. The lowest BCUT2D eigenvalue weighted by molar-refractivity contribution is -0.122. The number of carbonyl (C=O) groups excluding carboxylic acids is 2. The molecule has 118 valence electrons. The van der Waals surface area contributed by atoms with Crippen LogP contribution in [-0.2, 0) is 17.8 Å². The highest BCUT2D eigenvalue weighted by atomic mass is 16.5. The molecule has 0 saturated heterocycles. The number of nitrogens with one attached hydrogen (secondary N) is 2. The molecular weight excluding hydrogens is 286 g/mol. The van der Waals surface area contributed by atoms with Crippen LogP contribution in [0, 0.1) is 20.8 Å². The molecule has 2 amide bonds. The third kappa shape index (κ3) is 3.33. The van der Waals surface area contributed by atoms with Crippen molar-refractivity contribution in [2.24, 2.45) is 0 Å². The third-order valence-corrected chi connectivity index (χ3v) is 3.21. The second-order valence-corrected chi connectivity index (χ2v) is 5.00. The number of nitrogens with zero attached hydrogens (tertiary/aromatic N) is 3. The topological polar surface area (TPSA) is 102 Å². The predicted molar refractivity (Wildman–Crippen MR) is 77.9 cm³/mol. The minimum atomic E-state index is -0.447. The normalized spacial score (nSPS) is 10.5. The summed E-state index contributed by atoms with van der Waals surface area (Å²) < 4.78 is 6.56.